The van der Waals surface area contributed by atoms with Crippen LogP contribution in [0.3, 0.4) is 0 Å². The summed E-state index contributed by atoms with van der Waals surface area (Å²) < 4.78 is 0. The fraction of sp³-hybridized carbons (Fsp3) is 0.619. The molecule has 1 saturated heterocycles. The summed E-state index contributed by atoms with van der Waals surface area (Å²) in [4.78, 5) is 27.3. The number of nitrogens with zero attached hydrogens (tertiary/aromatic N) is 1. The molecule has 4 unspecified atom stereocenters. The van der Waals surface area contributed by atoms with E-state index in [1.54, 1.807) is 12.1 Å². The molecule has 1 saturated carbocycles. The fourth-order valence-corrected chi connectivity index (χ4v) is 5.79. The molecule has 1 heterocycles. The Balaban J connectivity index is 1.72. The molecule has 4 atom stereocenters. The number of hydrogen-bond donors (Lipinski definition) is 4. The summed E-state index contributed by atoms with van der Waals surface area (Å²) in [6, 6.07) is 5.14. The Hall–Kier alpha value is -1.96. The Kier molecular flexibility index (Phi) is 4.72. The molecule has 2 aliphatic carbocycles. The topological polar surface area (TPSA) is 110 Å². The molecule has 0 aromatic heterocycles. The Morgan fingerprint density at radius 3 is 2.93 bits per heavy atom. The standard InChI is InChI=1S/C21H28N2O5/c1-23-6-4-20-12-17(26)14(9-19(27)22-5-7-24)11-21(20,28)18(23)8-13-2-3-15(25)10-16(13)20/h2-3,10,14,18,24-25,28H,4-9,11-12H2,1H3,(H,22,27). The number of rotatable bonds is 4. The van der Waals surface area contributed by atoms with Gasteiger partial charge >= 0.3 is 0 Å². The first-order valence-electron chi connectivity index (χ1n) is 9.96. The number of fused-ring (bicyclic) bond motifs is 1. The van der Waals surface area contributed by atoms with Gasteiger partial charge in [-0.1, -0.05) is 6.07 Å². The van der Waals surface area contributed by atoms with Crippen molar-refractivity contribution in [1.29, 1.82) is 0 Å². The van der Waals surface area contributed by atoms with E-state index in [1.807, 2.05) is 13.1 Å². The number of benzene rings is 1. The number of Topliss-reactive ketones (excluding diaryl/α,β-unsaturated/α-hetero) is 1. The van der Waals surface area contributed by atoms with E-state index in [2.05, 4.69) is 10.2 Å². The molecule has 4 N–H and O–H groups in total. The predicted octanol–water partition coefficient (Wildman–Crippen LogP) is 0.0990. The molecular formula is C21H28N2O5. The number of phenolic OH excluding ortho intramolecular Hbond substituents is 1. The molecule has 0 radical (unpaired) electrons. The second-order valence-electron chi connectivity index (χ2n) is 8.62. The molecule has 1 aromatic rings. The van der Waals surface area contributed by atoms with Crippen molar-refractivity contribution < 1.29 is 24.9 Å². The van der Waals surface area contributed by atoms with E-state index in [0.717, 1.165) is 17.7 Å². The molecule has 1 aliphatic heterocycles. The molecule has 2 fully saturated rings. The maximum Gasteiger partial charge on any atom is 0.220 e. The summed E-state index contributed by atoms with van der Waals surface area (Å²) in [5.41, 5.74) is 0.115. The zero-order valence-electron chi connectivity index (χ0n) is 16.1. The zero-order valence-corrected chi connectivity index (χ0v) is 16.1. The number of hydrogen-bond acceptors (Lipinski definition) is 6. The van der Waals surface area contributed by atoms with Gasteiger partial charge in [0.25, 0.3) is 0 Å². The monoisotopic (exact) mass is 388 g/mol. The van der Waals surface area contributed by atoms with Gasteiger partial charge in [-0.05, 0) is 56.1 Å². The number of piperidine rings is 1. The van der Waals surface area contributed by atoms with Crippen LogP contribution in [0.2, 0.25) is 0 Å². The van der Waals surface area contributed by atoms with E-state index in [0.29, 0.717) is 12.8 Å². The Morgan fingerprint density at radius 2 is 2.18 bits per heavy atom. The van der Waals surface area contributed by atoms with Crippen molar-refractivity contribution in [1.82, 2.24) is 10.2 Å². The third kappa shape index (κ3) is 2.76. The summed E-state index contributed by atoms with van der Waals surface area (Å²) in [6.07, 6.45) is 1.75. The Labute approximate surface area is 164 Å². The van der Waals surface area contributed by atoms with Crippen LogP contribution in [0.15, 0.2) is 18.2 Å². The fourth-order valence-electron chi connectivity index (χ4n) is 5.79. The van der Waals surface area contributed by atoms with Crippen molar-refractivity contribution in [3.8, 4) is 5.75 Å². The average Bonchev–Trinajstić information content (AvgIpc) is 2.65. The number of ketones is 1. The number of phenols is 1. The van der Waals surface area contributed by atoms with Crippen LogP contribution in [-0.2, 0) is 21.4 Å². The lowest BCUT2D eigenvalue weighted by atomic mass is 9.47. The predicted molar refractivity (Wildman–Crippen MR) is 102 cm³/mol. The number of likely N-dealkylation sites (tertiary alicyclic amines) is 1. The highest BCUT2D eigenvalue weighted by Gasteiger charge is 2.65. The third-order valence-electron chi connectivity index (χ3n) is 7.18. The zero-order chi connectivity index (χ0) is 20.1. The number of carbonyl (C=O) groups is 2. The molecule has 0 spiro atoms. The summed E-state index contributed by atoms with van der Waals surface area (Å²) >= 11 is 0. The van der Waals surface area contributed by atoms with Gasteiger partial charge in [-0.2, -0.15) is 0 Å². The van der Waals surface area contributed by atoms with Gasteiger partial charge in [0.1, 0.15) is 11.5 Å². The minimum atomic E-state index is -1.13. The van der Waals surface area contributed by atoms with Crippen molar-refractivity contribution in [2.75, 3.05) is 26.7 Å². The number of aliphatic hydroxyl groups excluding tert-OH is 1. The largest absolute Gasteiger partial charge is 0.508 e. The van der Waals surface area contributed by atoms with Crippen molar-refractivity contribution >= 4 is 11.7 Å². The highest BCUT2D eigenvalue weighted by molar-refractivity contribution is 5.89. The molecule has 1 aromatic carbocycles. The average molecular weight is 388 g/mol. The van der Waals surface area contributed by atoms with Gasteiger partial charge in [0, 0.05) is 36.8 Å². The van der Waals surface area contributed by atoms with E-state index in [9.17, 15) is 19.8 Å². The minimum Gasteiger partial charge on any atom is -0.508 e. The lowest BCUT2D eigenvalue weighted by Gasteiger charge is -2.63. The van der Waals surface area contributed by atoms with Gasteiger partial charge in [0.05, 0.1) is 12.2 Å². The van der Waals surface area contributed by atoms with Gasteiger partial charge in [-0.25, -0.2) is 0 Å². The maximum absolute atomic E-state index is 13.1. The molecule has 152 valence electrons. The summed E-state index contributed by atoms with van der Waals surface area (Å²) in [5, 5.41) is 33.5. The molecule has 7 nitrogen and oxygen atoms in total. The Bertz CT molecular complexity index is 812. The number of aliphatic hydroxyl groups is 2. The van der Waals surface area contributed by atoms with E-state index < -0.39 is 16.9 Å². The lowest BCUT2D eigenvalue weighted by molar-refractivity contribution is -0.179. The number of aromatic hydroxyl groups is 1. The minimum absolute atomic E-state index is 0.0108. The first-order valence-corrected chi connectivity index (χ1v) is 9.96. The highest BCUT2D eigenvalue weighted by atomic mass is 16.3. The molecule has 1 amide bonds. The SMILES string of the molecule is CN1CCC23CC(=O)C(CC(=O)NCCO)CC2(O)C1Cc1ccc(O)cc13. The lowest BCUT2D eigenvalue weighted by Crippen LogP contribution is -2.73. The maximum atomic E-state index is 13.1. The molecule has 4 rings (SSSR count). The normalized spacial score (nSPS) is 34.5. The van der Waals surface area contributed by atoms with Crippen molar-refractivity contribution in [3.05, 3.63) is 29.3 Å². The first kappa shape index (κ1) is 19.4. The second-order valence-corrected chi connectivity index (χ2v) is 8.62. The highest BCUT2D eigenvalue weighted by Crippen LogP contribution is 2.58. The third-order valence-corrected chi connectivity index (χ3v) is 7.18. The van der Waals surface area contributed by atoms with Gasteiger partial charge in [-0.3, -0.25) is 9.59 Å². The van der Waals surface area contributed by atoms with Gasteiger partial charge in [0.2, 0.25) is 5.91 Å². The summed E-state index contributed by atoms with van der Waals surface area (Å²) in [7, 11) is 2.00. The van der Waals surface area contributed by atoms with Crippen LogP contribution in [0.1, 0.15) is 36.8 Å². The molecular weight excluding hydrogens is 360 g/mol. The number of carbonyl (C=O) groups excluding carboxylic acids is 2. The Morgan fingerprint density at radius 1 is 1.39 bits per heavy atom. The summed E-state index contributed by atoms with van der Waals surface area (Å²) in [6.45, 7) is 0.785. The second kappa shape index (κ2) is 6.83. The van der Waals surface area contributed by atoms with E-state index in [1.165, 1.54) is 0 Å². The van der Waals surface area contributed by atoms with Crippen molar-refractivity contribution in [2.24, 2.45) is 5.92 Å². The smallest absolute Gasteiger partial charge is 0.220 e. The number of nitrogens with one attached hydrogen (secondary N) is 1. The van der Waals surface area contributed by atoms with Crippen LogP contribution in [0, 0.1) is 5.92 Å². The first-order chi connectivity index (χ1) is 13.3. The van der Waals surface area contributed by atoms with Gasteiger partial charge < -0.3 is 25.5 Å². The quantitative estimate of drug-likeness (QED) is 0.582. The molecule has 3 aliphatic rings. The van der Waals surface area contributed by atoms with Crippen LogP contribution < -0.4 is 5.32 Å². The van der Waals surface area contributed by atoms with Crippen molar-refractivity contribution in [3.63, 3.8) is 0 Å². The van der Waals surface area contributed by atoms with E-state index >= 15 is 0 Å². The van der Waals surface area contributed by atoms with Crippen LogP contribution in [-0.4, -0.2) is 70.3 Å². The van der Waals surface area contributed by atoms with Gasteiger partial charge in [-0.15, -0.1) is 0 Å². The summed E-state index contributed by atoms with van der Waals surface area (Å²) in [5.74, 6) is -0.682. The van der Waals surface area contributed by atoms with E-state index in [4.69, 9.17) is 5.11 Å². The van der Waals surface area contributed by atoms with Gasteiger partial charge in [0.15, 0.2) is 0 Å². The van der Waals surface area contributed by atoms with Crippen LogP contribution in [0.4, 0.5) is 0 Å². The molecule has 28 heavy (non-hydrogen) atoms. The number of likely N-dealkylation sites (N-methyl/N-ethyl adjacent to an activating group) is 1. The number of amides is 1. The van der Waals surface area contributed by atoms with Crippen molar-refractivity contribution in [2.45, 2.75) is 49.2 Å². The molecule has 2 bridgehead atoms. The van der Waals surface area contributed by atoms with Crippen LogP contribution in [0.25, 0.3) is 0 Å². The molecule has 7 heteroatoms. The van der Waals surface area contributed by atoms with E-state index in [-0.39, 0.29) is 55.9 Å². The van der Waals surface area contributed by atoms with Crippen LogP contribution in [0.5, 0.6) is 5.75 Å². The van der Waals surface area contributed by atoms with Crippen LogP contribution >= 0.6 is 0 Å².